The largest absolute Gasteiger partial charge is 0.350 e. The predicted octanol–water partition coefficient (Wildman–Crippen LogP) is 3.86. The lowest BCUT2D eigenvalue weighted by atomic mass is 10.1. The van der Waals surface area contributed by atoms with Crippen molar-refractivity contribution in [3.8, 4) is 11.4 Å². The molecule has 0 saturated heterocycles. The van der Waals surface area contributed by atoms with Crippen LogP contribution in [-0.4, -0.2) is 16.0 Å². The second kappa shape index (κ2) is 7.75. The first-order valence-electron chi connectivity index (χ1n) is 8.36. The van der Waals surface area contributed by atoms with Gasteiger partial charge in [-0.3, -0.25) is 4.79 Å². The lowest BCUT2D eigenvalue weighted by Crippen LogP contribution is -2.26. The van der Waals surface area contributed by atoms with Crippen LogP contribution in [0.2, 0.25) is 0 Å². The molecule has 0 fully saturated rings. The molecule has 0 bridgehead atoms. The number of carbonyl (C=O) groups excluding carboxylic acids is 1. The second-order valence-corrected chi connectivity index (χ2v) is 6.03. The van der Waals surface area contributed by atoms with Crippen molar-refractivity contribution < 1.29 is 9.32 Å². The molecule has 0 spiro atoms. The minimum Gasteiger partial charge on any atom is -0.350 e. The van der Waals surface area contributed by atoms with E-state index in [1.54, 1.807) is 0 Å². The summed E-state index contributed by atoms with van der Waals surface area (Å²) in [6.07, 6.45) is 0.735. The van der Waals surface area contributed by atoms with E-state index < -0.39 is 0 Å². The topological polar surface area (TPSA) is 68.0 Å². The highest BCUT2D eigenvalue weighted by atomic mass is 16.5. The van der Waals surface area contributed by atoms with Crippen LogP contribution in [0.3, 0.4) is 0 Å². The van der Waals surface area contributed by atoms with E-state index in [-0.39, 0.29) is 11.9 Å². The van der Waals surface area contributed by atoms with Gasteiger partial charge in [-0.25, -0.2) is 0 Å². The summed E-state index contributed by atoms with van der Waals surface area (Å²) in [7, 11) is 0. The van der Waals surface area contributed by atoms with Crippen molar-refractivity contribution in [3.63, 3.8) is 0 Å². The van der Waals surface area contributed by atoms with E-state index in [1.165, 1.54) is 0 Å². The van der Waals surface area contributed by atoms with Crippen LogP contribution < -0.4 is 5.32 Å². The summed E-state index contributed by atoms with van der Waals surface area (Å²) in [5.74, 6) is 0.999. The Kier molecular flexibility index (Phi) is 5.23. The number of aromatic nitrogens is 2. The Morgan fingerprint density at radius 2 is 1.84 bits per heavy atom. The maximum atomic E-state index is 12.1. The van der Waals surface area contributed by atoms with E-state index in [0.717, 1.165) is 16.7 Å². The Labute approximate surface area is 147 Å². The Morgan fingerprint density at radius 1 is 1.12 bits per heavy atom. The first-order chi connectivity index (χ1) is 12.1. The molecule has 0 aliphatic heterocycles. The summed E-state index contributed by atoms with van der Waals surface area (Å²) in [5, 5.41) is 7.00. The maximum absolute atomic E-state index is 12.1. The van der Waals surface area contributed by atoms with Crippen LogP contribution in [0.25, 0.3) is 11.4 Å². The zero-order valence-electron chi connectivity index (χ0n) is 14.4. The van der Waals surface area contributed by atoms with Gasteiger partial charge in [0, 0.05) is 18.4 Å². The van der Waals surface area contributed by atoms with Crippen LogP contribution in [0.4, 0.5) is 0 Å². The van der Waals surface area contributed by atoms with Crippen molar-refractivity contribution in [2.45, 2.75) is 32.7 Å². The van der Waals surface area contributed by atoms with Gasteiger partial charge in [0.25, 0.3) is 0 Å². The molecule has 1 amide bonds. The quantitative estimate of drug-likeness (QED) is 0.743. The number of rotatable bonds is 6. The molecule has 1 N–H and O–H groups in total. The number of carbonyl (C=O) groups is 1. The summed E-state index contributed by atoms with van der Waals surface area (Å²) in [6, 6.07) is 17.7. The van der Waals surface area contributed by atoms with Crippen molar-refractivity contribution >= 4 is 5.91 Å². The lowest BCUT2D eigenvalue weighted by Gasteiger charge is -2.13. The van der Waals surface area contributed by atoms with Crippen molar-refractivity contribution in [1.82, 2.24) is 15.5 Å². The van der Waals surface area contributed by atoms with Crippen LogP contribution >= 0.6 is 0 Å². The summed E-state index contributed by atoms with van der Waals surface area (Å²) >= 11 is 0. The molecule has 2 aromatic carbocycles. The minimum atomic E-state index is -0.0352. The summed E-state index contributed by atoms with van der Waals surface area (Å²) in [5.41, 5.74) is 3.11. The third kappa shape index (κ3) is 4.32. The van der Waals surface area contributed by atoms with Crippen molar-refractivity contribution in [2.24, 2.45) is 0 Å². The molecule has 1 aromatic heterocycles. The molecule has 1 heterocycles. The molecular weight excluding hydrogens is 314 g/mol. The lowest BCUT2D eigenvalue weighted by molar-refractivity contribution is -0.121. The van der Waals surface area contributed by atoms with Gasteiger partial charge in [-0.2, -0.15) is 4.98 Å². The van der Waals surface area contributed by atoms with Gasteiger partial charge in [-0.1, -0.05) is 59.8 Å². The average Bonchev–Trinajstić information content (AvgIpc) is 3.10. The van der Waals surface area contributed by atoms with Gasteiger partial charge in [0.2, 0.25) is 17.6 Å². The number of nitrogens with one attached hydrogen (secondary N) is 1. The van der Waals surface area contributed by atoms with E-state index in [9.17, 15) is 4.79 Å². The van der Waals surface area contributed by atoms with Crippen molar-refractivity contribution in [2.75, 3.05) is 0 Å². The van der Waals surface area contributed by atoms with Gasteiger partial charge in [0.05, 0.1) is 6.04 Å². The van der Waals surface area contributed by atoms with E-state index >= 15 is 0 Å². The molecule has 1 atom stereocenters. The Hall–Kier alpha value is -2.95. The predicted molar refractivity (Wildman–Crippen MR) is 95.8 cm³/mol. The standard InChI is InChI=1S/C20H21N3O2/c1-14-8-6-7-11-17(14)20-22-19(25-23-20)13-12-18(24)21-15(2)16-9-4-3-5-10-16/h3-11,15H,12-13H2,1-2H3,(H,21,24)/t15-/m1/s1. The fourth-order valence-corrected chi connectivity index (χ4v) is 2.65. The van der Waals surface area contributed by atoms with Crippen molar-refractivity contribution in [3.05, 3.63) is 71.6 Å². The van der Waals surface area contributed by atoms with Gasteiger partial charge < -0.3 is 9.84 Å². The van der Waals surface area contributed by atoms with E-state index in [1.807, 2.05) is 68.4 Å². The van der Waals surface area contributed by atoms with E-state index in [2.05, 4.69) is 15.5 Å². The van der Waals surface area contributed by atoms with Crippen LogP contribution in [0.1, 0.15) is 36.4 Å². The molecule has 0 saturated carbocycles. The van der Waals surface area contributed by atoms with Gasteiger partial charge in [0.15, 0.2) is 0 Å². The third-order valence-electron chi connectivity index (χ3n) is 4.10. The Bertz CT molecular complexity index is 843. The fourth-order valence-electron chi connectivity index (χ4n) is 2.65. The first-order valence-corrected chi connectivity index (χ1v) is 8.36. The van der Waals surface area contributed by atoms with Gasteiger partial charge in [-0.15, -0.1) is 0 Å². The van der Waals surface area contributed by atoms with E-state index in [4.69, 9.17) is 4.52 Å². The molecule has 128 valence electrons. The third-order valence-corrected chi connectivity index (χ3v) is 4.10. The minimum absolute atomic E-state index is 0.0288. The van der Waals surface area contributed by atoms with Gasteiger partial charge in [0.1, 0.15) is 0 Å². The number of amides is 1. The molecule has 0 aliphatic rings. The molecule has 0 radical (unpaired) electrons. The van der Waals surface area contributed by atoms with Crippen molar-refractivity contribution in [1.29, 1.82) is 0 Å². The number of hydrogen-bond donors (Lipinski definition) is 1. The zero-order valence-corrected chi connectivity index (χ0v) is 14.4. The molecule has 5 heteroatoms. The monoisotopic (exact) mass is 335 g/mol. The maximum Gasteiger partial charge on any atom is 0.227 e. The van der Waals surface area contributed by atoms with Crippen LogP contribution in [0.15, 0.2) is 59.1 Å². The molecule has 25 heavy (non-hydrogen) atoms. The number of aryl methyl sites for hydroxylation is 2. The van der Waals surface area contributed by atoms with Gasteiger partial charge >= 0.3 is 0 Å². The highest BCUT2D eigenvalue weighted by molar-refractivity contribution is 5.76. The summed E-state index contributed by atoms with van der Waals surface area (Å²) in [4.78, 5) is 16.5. The zero-order chi connectivity index (χ0) is 17.6. The highest BCUT2D eigenvalue weighted by Gasteiger charge is 2.13. The molecule has 0 aliphatic carbocycles. The first kappa shape index (κ1) is 16.9. The number of hydrogen-bond acceptors (Lipinski definition) is 4. The SMILES string of the molecule is Cc1ccccc1-c1noc(CCC(=O)N[C@H](C)c2ccccc2)n1. The Balaban J connectivity index is 1.55. The Morgan fingerprint density at radius 3 is 2.60 bits per heavy atom. The summed E-state index contributed by atoms with van der Waals surface area (Å²) < 4.78 is 5.27. The van der Waals surface area contributed by atoms with Crippen LogP contribution in [-0.2, 0) is 11.2 Å². The number of nitrogens with zero attached hydrogens (tertiary/aromatic N) is 2. The highest BCUT2D eigenvalue weighted by Crippen LogP contribution is 2.20. The smallest absolute Gasteiger partial charge is 0.227 e. The fraction of sp³-hybridized carbons (Fsp3) is 0.250. The molecular formula is C20H21N3O2. The molecule has 0 unspecified atom stereocenters. The van der Waals surface area contributed by atoms with Crippen LogP contribution in [0, 0.1) is 6.92 Å². The number of benzene rings is 2. The average molecular weight is 335 g/mol. The van der Waals surface area contributed by atoms with Crippen LogP contribution in [0.5, 0.6) is 0 Å². The summed E-state index contributed by atoms with van der Waals surface area (Å²) in [6.45, 7) is 3.97. The van der Waals surface area contributed by atoms with Gasteiger partial charge in [-0.05, 0) is 25.0 Å². The second-order valence-electron chi connectivity index (χ2n) is 6.03. The molecule has 3 aromatic rings. The normalized spacial score (nSPS) is 11.9. The van der Waals surface area contributed by atoms with E-state index in [0.29, 0.717) is 24.6 Å². The molecule has 5 nitrogen and oxygen atoms in total. The molecule has 3 rings (SSSR count).